The fourth-order valence-electron chi connectivity index (χ4n) is 3.46. The number of aromatic nitrogens is 2. The Labute approximate surface area is 162 Å². The molecule has 2 unspecified atom stereocenters. The van der Waals surface area contributed by atoms with Crippen molar-refractivity contribution in [1.82, 2.24) is 14.7 Å². The molecule has 146 valence electrons. The molecule has 0 aromatic carbocycles. The van der Waals surface area contributed by atoms with E-state index in [2.05, 4.69) is 48.1 Å². The summed E-state index contributed by atoms with van der Waals surface area (Å²) in [6.45, 7) is 13.3. The van der Waals surface area contributed by atoms with Gasteiger partial charge in [0, 0.05) is 38.7 Å². The van der Waals surface area contributed by atoms with Crippen LogP contribution in [-0.2, 0) is 6.54 Å². The number of nitrogens with zero attached hydrogens (tertiary/aromatic N) is 5. The highest BCUT2D eigenvalue weighted by Crippen LogP contribution is 2.36. The predicted octanol–water partition coefficient (Wildman–Crippen LogP) is 3.16. The SMILES string of the molecule is C=C/C(C#N)=C(\C=C)C(c1cnn(CCO)c1)C(C)C(=NC)N(C)CCC. The minimum absolute atomic E-state index is 0.00498. The second-order valence-corrected chi connectivity index (χ2v) is 6.42. The molecule has 0 amide bonds. The first-order chi connectivity index (χ1) is 13.0. The molecule has 1 heterocycles. The molecule has 6 nitrogen and oxygen atoms in total. The van der Waals surface area contributed by atoms with Gasteiger partial charge in [-0.25, -0.2) is 0 Å². The van der Waals surface area contributed by atoms with Crippen LogP contribution < -0.4 is 0 Å². The maximum atomic E-state index is 9.56. The van der Waals surface area contributed by atoms with Crippen molar-refractivity contribution in [3.05, 3.63) is 54.4 Å². The van der Waals surface area contributed by atoms with Crippen LogP contribution in [0.15, 0.2) is 53.8 Å². The van der Waals surface area contributed by atoms with Gasteiger partial charge in [0.25, 0.3) is 0 Å². The number of aliphatic hydroxyl groups is 1. The Kier molecular flexibility index (Phi) is 9.24. The average molecular weight is 370 g/mol. The molecular weight excluding hydrogens is 338 g/mol. The van der Waals surface area contributed by atoms with E-state index in [0.29, 0.717) is 12.1 Å². The third kappa shape index (κ3) is 5.41. The highest BCUT2D eigenvalue weighted by Gasteiger charge is 2.30. The van der Waals surface area contributed by atoms with Crippen LogP contribution in [0.25, 0.3) is 0 Å². The summed E-state index contributed by atoms with van der Waals surface area (Å²) in [6, 6.07) is 2.22. The second kappa shape index (κ2) is 11.1. The Balaban J connectivity index is 3.53. The smallest absolute Gasteiger partial charge is 0.102 e. The second-order valence-electron chi connectivity index (χ2n) is 6.42. The molecule has 1 N–H and O–H groups in total. The molecule has 0 fully saturated rings. The molecule has 0 saturated heterocycles. The summed E-state index contributed by atoms with van der Waals surface area (Å²) in [5.41, 5.74) is 2.24. The average Bonchev–Trinajstić information content (AvgIpc) is 3.11. The molecule has 0 spiro atoms. The first-order valence-electron chi connectivity index (χ1n) is 9.19. The largest absolute Gasteiger partial charge is 0.394 e. The molecule has 0 aliphatic rings. The number of rotatable bonds is 10. The van der Waals surface area contributed by atoms with E-state index < -0.39 is 0 Å². The van der Waals surface area contributed by atoms with Crippen molar-refractivity contribution in [2.45, 2.75) is 32.7 Å². The fourth-order valence-corrected chi connectivity index (χ4v) is 3.46. The van der Waals surface area contributed by atoms with E-state index in [0.717, 1.165) is 29.9 Å². The zero-order valence-electron chi connectivity index (χ0n) is 16.9. The quantitative estimate of drug-likeness (QED) is 0.297. The van der Waals surface area contributed by atoms with E-state index in [-0.39, 0.29) is 18.4 Å². The van der Waals surface area contributed by atoms with Crippen LogP contribution in [-0.4, -0.2) is 52.9 Å². The van der Waals surface area contributed by atoms with Crippen LogP contribution in [0.5, 0.6) is 0 Å². The van der Waals surface area contributed by atoms with Crippen LogP contribution in [0, 0.1) is 17.2 Å². The monoisotopic (exact) mass is 369 g/mol. The summed E-state index contributed by atoms with van der Waals surface area (Å²) in [6.07, 6.45) is 7.99. The highest BCUT2D eigenvalue weighted by molar-refractivity contribution is 5.85. The number of hydrogen-bond donors (Lipinski definition) is 1. The van der Waals surface area contributed by atoms with Gasteiger partial charge in [-0.2, -0.15) is 10.4 Å². The van der Waals surface area contributed by atoms with E-state index in [1.54, 1.807) is 30.1 Å². The molecule has 27 heavy (non-hydrogen) atoms. The lowest BCUT2D eigenvalue weighted by Crippen LogP contribution is -2.35. The number of aliphatic hydroxyl groups excluding tert-OH is 1. The third-order valence-electron chi connectivity index (χ3n) is 4.62. The molecule has 1 aromatic rings. The molecule has 0 bridgehead atoms. The molecule has 1 aromatic heterocycles. The van der Waals surface area contributed by atoms with E-state index in [9.17, 15) is 10.4 Å². The van der Waals surface area contributed by atoms with Crippen molar-refractivity contribution in [2.75, 3.05) is 27.2 Å². The van der Waals surface area contributed by atoms with Gasteiger partial charge >= 0.3 is 0 Å². The maximum absolute atomic E-state index is 9.56. The topological polar surface area (TPSA) is 77.4 Å². The minimum atomic E-state index is -0.152. The number of hydrogen-bond acceptors (Lipinski definition) is 4. The van der Waals surface area contributed by atoms with Gasteiger partial charge in [0.2, 0.25) is 0 Å². The number of amidine groups is 1. The minimum Gasteiger partial charge on any atom is -0.394 e. The summed E-state index contributed by atoms with van der Waals surface area (Å²) in [7, 11) is 3.82. The number of allylic oxidation sites excluding steroid dienone is 4. The Morgan fingerprint density at radius 2 is 2.19 bits per heavy atom. The maximum Gasteiger partial charge on any atom is 0.102 e. The lowest BCUT2D eigenvalue weighted by Gasteiger charge is -2.31. The Morgan fingerprint density at radius 1 is 1.48 bits per heavy atom. The van der Waals surface area contributed by atoms with Crippen LogP contribution in [0.2, 0.25) is 0 Å². The summed E-state index contributed by atoms with van der Waals surface area (Å²) in [4.78, 5) is 6.68. The number of aliphatic imine (C=N–C) groups is 1. The summed E-state index contributed by atoms with van der Waals surface area (Å²) < 4.78 is 1.70. The molecule has 2 atom stereocenters. The molecule has 0 radical (unpaired) electrons. The zero-order valence-corrected chi connectivity index (χ0v) is 16.9. The fraction of sp³-hybridized carbons (Fsp3) is 0.476. The predicted molar refractivity (Wildman–Crippen MR) is 111 cm³/mol. The van der Waals surface area contributed by atoms with Crippen LogP contribution in [0.1, 0.15) is 31.7 Å². The van der Waals surface area contributed by atoms with Gasteiger partial charge in [-0.05, 0) is 17.6 Å². The van der Waals surface area contributed by atoms with Gasteiger partial charge in [0.15, 0.2) is 0 Å². The molecule has 0 saturated carbocycles. The van der Waals surface area contributed by atoms with Crippen molar-refractivity contribution in [2.24, 2.45) is 10.9 Å². The van der Waals surface area contributed by atoms with E-state index >= 15 is 0 Å². The van der Waals surface area contributed by atoms with Crippen LogP contribution >= 0.6 is 0 Å². The molecular formula is C21H31N5O. The van der Waals surface area contributed by atoms with Crippen molar-refractivity contribution in [3.63, 3.8) is 0 Å². The standard InChI is InChI=1S/C21H31N5O/c1-7-10-25(6)21(23-5)16(4)20(19(9-3)17(8-2)13-22)18-14-24-26(15-18)11-12-27/h8-9,14-16,20,27H,2-3,7,10-12H2,1,4-6H3/b19-17-,23-21?. The Morgan fingerprint density at radius 3 is 2.67 bits per heavy atom. The first kappa shape index (κ1) is 22.4. The lowest BCUT2D eigenvalue weighted by molar-refractivity contribution is 0.269. The zero-order chi connectivity index (χ0) is 20.4. The van der Waals surface area contributed by atoms with Crippen molar-refractivity contribution in [1.29, 1.82) is 5.26 Å². The molecule has 6 heteroatoms. The third-order valence-corrected chi connectivity index (χ3v) is 4.62. The van der Waals surface area contributed by atoms with Gasteiger partial charge in [0.1, 0.15) is 5.84 Å². The van der Waals surface area contributed by atoms with Crippen LogP contribution in [0.3, 0.4) is 0 Å². The molecule has 0 aliphatic heterocycles. The van der Waals surface area contributed by atoms with Gasteiger partial charge in [0.05, 0.1) is 31.0 Å². The van der Waals surface area contributed by atoms with Gasteiger partial charge < -0.3 is 10.0 Å². The lowest BCUT2D eigenvalue weighted by atomic mass is 9.79. The van der Waals surface area contributed by atoms with Crippen molar-refractivity contribution in [3.8, 4) is 6.07 Å². The normalized spacial score (nSPS) is 14.7. The molecule has 1 rings (SSSR count). The summed E-state index contributed by atoms with van der Waals surface area (Å²) in [5.74, 6) is 0.799. The summed E-state index contributed by atoms with van der Waals surface area (Å²) in [5, 5.41) is 23.1. The van der Waals surface area contributed by atoms with E-state index in [1.165, 1.54) is 0 Å². The molecule has 0 aliphatic carbocycles. The van der Waals surface area contributed by atoms with Gasteiger partial charge in [-0.1, -0.05) is 39.2 Å². The highest BCUT2D eigenvalue weighted by atomic mass is 16.3. The number of nitriles is 1. The van der Waals surface area contributed by atoms with Gasteiger partial charge in [-0.15, -0.1) is 0 Å². The van der Waals surface area contributed by atoms with Crippen molar-refractivity contribution >= 4 is 5.84 Å². The van der Waals surface area contributed by atoms with Gasteiger partial charge in [-0.3, -0.25) is 9.67 Å². The summed E-state index contributed by atoms with van der Waals surface area (Å²) >= 11 is 0. The Hall–Kier alpha value is -2.65. The van der Waals surface area contributed by atoms with Crippen LogP contribution in [0.4, 0.5) is 0 Å². The van der Waals surface area contributed by atoms with E-state index in [1.807, 2.05) is 13.2 Å². The van der Waals surface area contributed by atoms with Crippen molar-refractivity contribution < 1.29 is 5.11 Å². The Bertz CT molecular complexity index is 738. The first-order valence-corrected chi connectivity index (χ1v) is 9.19. The van der Waals surface area contributed by atoms with E-state index in [4.69, 9.17) is 0 Å².